The van der Waals surface area contributed by atoms with Crippen molar-refractivity contribution in [1.29, 1.82) is 0 Å². The molecule has 25 heavy (non-hydrogen) atoms. The molecule has 3 aromatic rings. The van der Waals surface area contributed by atoms with Crippen LogP contribution in [0.5, 0.6) is 0 Å². The summed E-state index contributed by atoms with van der Waals surface area (Å²) in [6, 6.07) is 13.5. The van der Waals surface area contributed by atoms with Crippen molar-refractivity contribution in [3.63, 3.8) is 0 Å². The Hall–Kier alpha value is -1.96. The maximum absolute atomic E-state index is 12.3. The summed E-state index contributed by atoms with van der Waals surface area (Å²) in [5.74, 6) is -1.06. The van der Waals surface area contributed by atoms with Gasteiger partial charge in [0.05, 0.1) is 21.7 Å². The van der Waals surface area contributed by atoms with Crippen LogP contribution in [-0.4, -0.2) is 37.0 Å². The van der Waals surface area contributed by atoms with Crippen LogP contribution in [0.1, 0.15) is 5.01 Å². The lowest BCUT2D eigenvalue weighted by Gasteiger charge is -2.15. The number of hydrogen-bond donors (Lipinski definition) is 0. The Morgan fingerprint density at radius 2 is 1.84 bits per heavy atom. The number of thiazole rings is 1. The third-order valence-electron chi connectivity index (χ3n) is 3.62. The maximum Gasteiger partial charge on any atom is 0.238 e. The van der Waals surface area contributed by atoms with Crippen molar-refractivity contribution in [2.45, 2.75) is 11.4 Å². The number of fused-ring (bicyclic) bond motifs is 1. The Morgan fingerprint density at radius 3 is 2.52 bits per heavy atom. The molecule has 0 bridgehead atoms. The Kier molecular flexibility index (Phi) is 5.08. The van der Waals surface area contributed by atoms with E-state index in [1.807, 2.05) is 24.3 Å². The minimum absolute atomic E-state index is 0.0821. The molecule has 0 unspecified atom stereocenters. The van der Waals surface area contributed by atoms with Crippen LogP contribution in [0.3, 0.4) is 0 Å². The number of hydrogen-bond acceptors (Lipinski definition) is 5. The van der Waals surface area contributed by atoms with Gasteiger partial charge < -0.3 is 4.90 Å². The van der Waals surface area contributed by atoms with Crippen molar-refractivity contribution in [3.05, 3.63) is 58.6 Å². The summed E-state index contributed by atoms with van der Waals surface area (Å²) in [5.41, 5.74) is 0.872. The lowest BCUT2D eigenvalue weighted by atomic mass is 10.3. The van der Waals surface area contributed by atoms with E-state index in [9.17, 15) is 13.2 Å². The molecular weight excluding hydrogens is 380 g/mol. The fourth-order valence-electron chi connectivity index (χ4n) is 2.28. The van der Waals surface area contributed by atoms with E-state index in [1.165, 1.54) is 40.5 Å². The van der Waals surface area contributed by atoms with Gasteiger partial charge in [-0.15, -0.1) is 11.3 Å². The van der Waals surface area contributed by atoms with Gasteiger partial charge in [0.1, 0.15) is 10.8 Å². The minimum atomic E-state index is -3.71. The first kappa shape index (κ1) is 17.8. The highest BCUT2D eigenvalue weighted by molar-refractivity contribution is 7.92. The molecule has 5 nitrogen and oxygen atoms in total. The Balaban J connectivity index is 1.70. The second-order valence-electron chi connectivity index (χ2n) is 5.54. The molecule has 8 heteroatoms. The van der Waals surface area contributed by atoms with E-state index in [4.69, 9.17) is 11.6 Å². The second-order valence-corrected chi connectivity index (χ2v) is 9.08. The van der Waals surface area contributed by atoms with Crippen LogP contribution >= 0.6 is 22.9 Å². The Labute approximate surface area is 154 Å². The molecular formula is C17H15ClN2O3S2. The zero-order valence-electron chi connectivity index (χ0n) is 13.3. The monoisotopic (exact) mass is 394 g/mol. The fraction of sp³-hybridized carbons (Fsp3) is 0.176. The molecule has 0 aliphatic rings. The highest BCUT2D eigenvalue weighted by atomic mass is 35.5. The maximum atomic E-state index is 12.3. The van der Waals surface area contributed by atoms with E-state index in [1.54, 1.807) is 7.05 Å². The number of halogens is 1. The zero-order valence-corrected chi connectivity index (χ0v) is 15.7. The molecule has 0 radical (unpaired) electrons. The van der Waals surface area contributed by atoms with E-state index in [0.29, 0.717) is 5.02 Å². The van der Waals surface area contributed by atoms with Crippen molar-refractivity contribution in [2.75, 3.05) is 12.8 Å². The number of carbonyl (C=O) groups excluding carboxylic acids is 1. The molecule has 0 aliphatic carbocycles. The largest absolute Gasteiger partial charge is 0.338 e. The highest BCUT2D eigenvalue weighted by Crippen LogP contribution is 2.22. The summed E-state index contributed by atoms with van der Waals surface area (Å²) in [5, 5.41) is 1.21. The first-order chi connectivity index (χ1) is 11.8. The van der Waals surface area contributed by atoms with E-state index in [0.717, 1.165) is 15.2 Å². The third-order valence-corrected chi connectivity index (χ3v) is 6.51. The number of para-hydroxylation sites is 1. The quantitative estimate of drug-likeness (QED) is 0.665. The summed E-state index contributed by atoms with van der Waals surface area (Å²) in [7, 11) is -2.13. The van der Waals surface area contributed by atoms with Gasteiger partial charge in [-0.3, -0.25) is 4.79 Å². The molecule has 2 aromatic carbocycles. The molecule has 0 saturated carbocycles. The van der Waals surface area contributed by atoms with E-state index in [2.05, 4.69) is 4.98 Å². The number of aromatic nitrogens is 1. The molecule has 0 aliphatic heterocycles. The molecule has 3 rings (SSSR count). The molecule has 0 fully saturated rings. The predicted molar refractivity (Wildman–Crippen MR) is 99.6 cm³/mol. The van der Waals surface area contributed by atoms with Gasteiger partial charge in [-0.1, -0.05) is 23.7 Å². The van der Waals surface area contributed by atoms with Crippen LogP contribution in [0.25, 0.3) is 10.2 Å². The first-order valence-corrected chi connectivity index (χ1v) is 10.3. The standard InChI is InChI=1S/C17H15ClN2O3S2/c1-20(10-16-19-14-4-2-3-5-15(14)24-16)17(21)11-25(22,23)13-8-6-12(18)7-9-13/h2-9H,10-11H2,1H3. The van der Waals surface area contributed by atoms with Crippen LogP contribution in [0.2, 0.25) is 5.02 Å². The topological polar surface area (TPSA) is 67.3 Å². The van der Waals surface area contributed by atoms with E-state index >= 15 is 0 Å². The first-order valence-electron chi connectivity index (χ1n) is 7.42. The van der Waals surface area contributed by atoms with Crippen molar-refractivity contribution in [2.24, 2.45) is 0 Å². The van der Waals surface area contributed by atoms with E-state index < -0.39 is 21.5 Å². The molecule has 0 N–H and O–H groups in total. The van der Waals surface area contributed by atoms with E-state index in [-0.39, 0.29) is 11.4 Å². The van der Waals surface area contributed by atoms with Gasteiger partial charge in [-0.25, -0.2) is 13.4 Å². The van der Waals surface area contributed by atoms with Crippen molar-refractivity contribution in [1.82, 2.24) is 9.88 Å². The molecule has 1 amide bonds. The fourth-order valence-corrected chi connectivity index (χ4v) is 4.69. The molecule has 1 heterocycles. The van der Waals surface area contributed by atoms with Gasteiger partial charge in [0, 0.05) is 12.1 Å². The molecule has 0 saturated heterocycles. The van der Waals surface area contributed by atoms with Crippen LogP contribution in [-0.2, 0) is 21.2 Å². The summed E-state index contributed by atoms with van der Waals surface area (Å²) in [4.78, 5) is 18.2. The van der Waals surface area contributed by atoms with Gasteiger partial charge in [-0.05, 0) is 36.4 Å². The predicted octanol–water partition coefficient (Wildman–Crippen LogP) is 3.38. The number of nitrogens with zero attached hydrogens (tertiary/aromatic N) is 2. The minimum Gasteiger partial charge on any atom is -0.338 e. The summed E-state index contributed by atoms with van der Waals surface area (Å²) >= 11 is 7.26. The normalized spacial score (nSPS) is 11.6. The zero-order chi connectivity index (χ0) is 18.0. The lowest BCUT2D eigenvalue weighted by Crippen LogP contribution is -2.32. The van der Waals surface area contributed by atoms with Crippen molar-refractivity contribution < 1.29 is 13.2 Å². The van der Waals surface area contributed by atoms with Crippen LogP contribution < -0.4 is 0 Å². The summed E-state index contributed by atoms with van der Waals surface area (Å²) in [6.45, 7) is 0.272. The molecule has 130 valence electrons. The highest BCUT2D eigenvalue weighted by Gasteiger charge is 2.22. The number of benzene rings is 2. The van der Waals surface area contributed by atoms with Gasteiger partial charge in [0.15, 0.2) is 9.84 Å². The smallest absolute Gasteiger partial charge is 0.238 e. The van der Waals surface area contributed by atoms with Gasteiger partial charge in [0.2, 0.25) is 5.91 Å². The molecule has 1 aromatic heterocycles. The Morgan fingerprint density at radius 1 is 1.16 bits per heavy atom. The lowest BCUT2D eigenvalue weighted by molar-refractivity contribution is -0.127. The summed E-state index contributed by atoms with van der Waals surface area (Å²) < 4.78 is 25.7. The van der Waals surface area contributed by atoms with Gasteiger partial charge in [-0.2, -0.15) is 0 Å². The number of amides is 1. The Bertz CT molecular complexity index is 981. The van der Waals surface area contributed by atoms with Crippen LogP contribution in [0.4, 0.5) is 0 Å². The van der Waals surface area contributed by atoms with Gasteiger partial charge >= 0.3 is 0 Å². The van der Waals surface area contributed by atoms with Crippen molar-refractivity contribution in [3.8, 4) is 0 Å². The molecule has 0 atom stereocenters. The van der Waals surface area contributed by atoms with Gasteiger partial charge in [0.25, 0.3) is 0 Å². The average Bonchev–Trinajstić information content (AvgIpc) is 2.97. The number of rotatable bonds is 5. The second kappa shape index (κ2) is 7.11. The third kappa shape index (κ3) is 4.18. The average molecular weight is 395 g/mol. The molecule has 0 spiro atoms. The summed E-state index contributed by atoms with van der Waals surface area (Å²) in [6.07, 6.45) is 0. The van der Waals surface area contributed by atoms with Crippen LogP contribution in [0.15, 0.2) is 53.4 Å². The number of sulfone groups is 1. The SMILES string of the molecule is CN(Cc1nc2ccccc2s1)C(=O)CS(=O)(=O)c1ccc(Cl)cc1. The van der Waals surface area contributed by atoms with Crippen molar-refractivity contribution >= 4 is 48.9 Å². The van der Waals surface area contributed by atoms with Crippen LogP contribution in [0, 0.1) is 0 Å². The number of carbonyl (C=O) groups is 1.